The quantitative estimate of drug-likeness (QED) is 0.768. The van der Waals surface area contributed by atoms with Crippen LogP contribution in [0.25, 0.3) is 0 Å². The summed E-state index contributed by atoms with van der Waals surface area (Å²) in [5.41, 5.74) is 5.64. The van der Waals surface area contributed by atoms with Crippen molar-refractivity contribution in [3.8, 4) is 0 Å². The van der Waals surface area contributed by atoms with Crippen LogP contribution < -0.4 is 10.6 Å². The third-order valence-corrected chi connectivity index (χ3v) is 3.95. The van der Waals surface area contributed by atoms with Gasteiger partial charge in [-0.3, -0.25) is 5.10 Å². The van der Waals surface area contributed by atoms with Crippen molar-refractivity contribution in [2.45, 2.75) is 18.6 Å². The van der Waals surface area contributed by atoms with Gasteiger partial charge in [-0.15, -0.1) is 5.10 Å². The maximum atomic E-state index is 11.2. The Morgan fingerprint density at radius 2 is 2.11 bits per heavy atom. The number of nitrogens with one attached hydrogen (secondary N) is 1. The average molecular weight is 273 g/mol. The summed E-state index contributed by atoms with van der Waals surface area (Å²) in [6.45, 7) is 2.47. The predicted octanol–water partition coefficient (Wildman–Crippen LogP) is -0.476. The molecule has 102 valence electrons. The smallest absolute Gasteiger partial charge is 0.244 e. The fourth-order valence-corrected chi connectivity index (χ4v) is 2.73. The number of aromatic amines is 1. The molecule has 8 heteroatoms. The number of H-pyrrole nitrogens is 1. The van der Waals surface area contributed by atoms with E-state index >= 15 is 0 Å². The zero-order chi connectivity index (χ0) is 13.2. The first-order valence-electron chi connectivity index (χ1n) is 6.02. The van der Waals surface area contributed by atoms with Crippen LogP contribution in [0.1, 0.15) is 18.7 Å². The highest BCUT2D eigenvalue weighted by molar-refractivity contribution is 7.89. The molecule has 0 radical (unpaired) electrons. The molecule has 2 heterocycles. The molecule has 1 fully saturated rings. The van der Waals surface area contributed by atoms with Crippen LogP contribution in [0.5, 0.6) is 0 Å². The highest BCUT2D eigenvalue weighted by Gasteiger charge is 2.21. The first kappa shape index (κ1) is 13.3. The lowest BCUT2D eigenvalue weighted by Gasteiger charge is -2.30. The van der Waals surface area contributed by atoms with E-state index in [0.29, 0.717) is 17.7 Å². The minimum atomic E-state index is -3.08. The fourth-order valence-electron chi connectivity index (χ4n) is 2.11. The zero-order valence-corrected chi connectivity index (χ0v) is 11.3. The molecule has 0 saturated carbocycles. The Balaban J connectivity index is 1.98. The molecule has 0 unspecified atom stereocenters. The summed E-state index contributed by atoms with van der Waals surface area (Å²) < 4.78 is 22.3. The van der Waals surface area contributed by atoms with E-state index in [0.717, 1.165) is 32.5 Å². The molecule has 0 aromatic carbocycles. The second-order valence-electron chi connectivity index (χ2n) is 4.82. The van der Waals surface area contributed by atoms with Crippen molar-refractivity contribution in [2.24, 2.45) is 11.7 Å². The van der Waals surface area contributed by atoms with Crippen LogP contribution in [0, 0.1) is 5.92 Å². The van der Waals surface area contributed by atoms with E-state index in [2.05, 4.69) is 20.1 Å². The topological polar surface area (TPSA) is 105 Å². The lowest BCUT2D eigenvalue weighted by molar-refractivity contribution is 0.411. The van der Waals surface area contributed by atoms with Crippen molar-refractivity contribution in [3.63, 3.8) is 0 Å². The maximum Gasteiger partial charge on any atom is 0.244 e. The van der Waals surface area contributed by atoms with Gasteiger partial charge in [0.05, 0.1) is 0 Å². The van der Waals surface area contributed by atoms with Crippen LogP contribution in [-0.4, -0.2) is 49.5 Å². The van der Waals surface area contributed by atoms with Crippen LogP contribution in [0.15, 0.2) is 0 Å². The van der Waals surface area contributed by atoms with Crippen molar-refractivity contribution in [1.29, 1.82) is 0 Å². The van der Waals surface area contributed by atoms with Crippen LogP contribution in [0.4, 0.5) is 5.95 Å². The molecule has 0 amide bonds. The molecule has 0 atom stereocenters. The third-order valence-electron chi connectivity index (χ3n) is 3.15. The van der Waals surface area contributed by atoms with Crippen LogP contribution in [-0.2, 0) is 15.6 Å². The number of aromatic nitrogens is 3. The van der Waals surface area contributed by atoms with Crippen LogP contribution >= 0.6 is 0 Å². The summed E-state index contributed by atoms with van der Waals surface area (Å²) in [4.78, 5) is 6.28. The summed E-state index contributed by atoms with van der Waals surface area (Å²) >= 11 is 0. The highest BCUT2D eigenvalue weighted by atomic mass is 32.2. The van der Waals surface area contributed by atoms with Crippen molar-refractivity contribution < 1.29 is 8.42 Å². The standard InChI is InChI=1S/C10H19N5O2S/c1-18(16,17)7-9-12-10(14-13-9)15-4-2-8(6-11)3-5-15/h8H,2-7,11H2,1H3,(H,12,13,14). The molecular weight excluding hydrogens is 254 g/mol. The highest BCUT2D eigenvalue weighted by Crippen LogP contribution is 2.19. The lowest BCUT2D eigenvalue weighted by Crippen LogP contribution is -2.36. The monoisotopic (exact) mass is 273 g/mol. The molecule has 1 aliphatic heterocycles. The predicted molar refractivity (Wildman–Crippen MR) is 68.9 cm³/mol. The Kier molecular flexibility index (Phi) is 3.86. The number of sulfone groups is 1. The van der Waals surface area contributed by atoms with Gasteiger partial charge in [-0.05, 0) is 25.3 Å². The molecule has 0 aliphatic carbocycles. The third kappa shape index (κ3) is 3.42. The minimum absolute atomic E-state index is 0.0980. The van der Waals surface area contributed by atoms with Gasteiger partial charge in [0, 0.05) is 19.3 Å². The lowest BCUT2D eigenvalue weighted by atomic mass is 9.97. The molecule has 3 N–H and O–H groups in total. The Bertz CT molecular complexity index is 490. The van der Waals surface area contributed by atoms with Gasteiger partial charge in [0.25, 0.3) is 0 Å². The molecule has 2 rings (SSSR count). The molecule has 1 aliphatic rings. The summed E-state index contributed by atoms with van der Waals surface area (Å²) in [5.74, 6) is 1.47. The molecular formula is C10H19N5O2S. The molecule has 18 heavy (non-hydrogen) atoms. The van der Waals surface area contributed by atoms with Gasteiger partial charge in [0.1, 0.15) is 11.6 Å². The minimum Gasteiger partial charge on any atom is -0.340 e. The Labute approximate surface area is 107 Å². The largest absolute Gasteiger partial charge is 0.340 e. The van der Waals surface area contributed by atoms with Crippen LogP contribution in [0.2, 0.25) is 0 Å². The average Bonchev–Trinajstić information content (AvgIpc) is 2.75. The van der Waals surface area contributed by atoms with E-state index in [4.69, 9.17) is 5.73 Å². The van der Waals surface area contributed by atoms with Gasteiger partial charge in [0.2, 0.25) is 5.95 Å². The summed E-state index contributed by atoms with van der Waals surface area (Å²) in [7, 11) is -3.08. The normalized spacial score (nSPS) is 18.2. The molecule has 0 bridgehead atoms. The number of rotatable bonds is 4. The van der Waals surface area contributed by atoms with Crippen LogP contribution in [0.3, 0.4) is 0 Å². The van der Waals surface area contributed by atoms with Gasteiger partial charge >= 0.3 is 0 Å². The van der Waals surface area contributed by atoms with E-state index < -0.39 is 9.84 Å². The van der Waals surface area contributed by atoms with Gasteiger partial charge in [-0.25, -0.2) is 8.42 Å². The number of nitrogens with two attached hydrogens (primary N) is 1. The van der Waals surface area contributed by atoms with Gasteiger partial charge < -0.3 is 10.6 Å². The van der Waals surface area contributed by atoms with E-state index in [1.165, 1.54) is 6.26 Å². The zero-order valence-electron chi connectivity index (χ0n) is 10.5. The fraction of sp³-hybridized carbons (Fsp3) is 0.800. The second kappa shape index (κ2) is 5.23. The summed E-state index contributed by atoms with van der Waals surface area (Å²) in [6.07, 6.45) is 3.25. The number of nitrogens with zero attached hydrogens (tertiary/aromatic N) is 3. The molecule has 1 aromatic rings. The Morgan fingerprint density at radius 3 is 2.67 bits per heavy atom. The molecule has 1 saturated heterocycles. The van der Waals surface area contributed by atoms with Gasteiger partial charge in [0.15, 0.2) is 9.84 Å². The molecule has 7 nitrogen and oxygen atoms in total. The van der Waals surface area contributed by atoms with Crippen molar-refractivity contribution in [2.75, 3.05) is 30.8 Å². The van der Waals surface area contributed by atoms with Crippen molar-refractivity contribution in [1.82, 2.24) is 15.2 Å². The second-order valence-corrected chi connectivity index (χ2v) is 6.96. The Hall–Kier alpha value is -1.15. The van der Waals surface area contributed by atoms with E-state index in [1.54, 1.807) is 0 Å². The SMILES string of the molecule is CS(=O)(=O)Cc1nc(N2CCC(CN)CC2)n[nH]1. The van der Waals surface area contributed by atoms with E-state index in [1.807, 2.05) is 0 Å². The molecule has 0 spiro atoms. The van der Waals surface area contributed by atoms with Gasteiger partial charge in [-0.1, -0.05) is 0 Å². The van der Waals surface area contributed by atoms with E-state index in [-0.39, 0.29) is 5.75 Å². The summed E-state index contributed by atoms with van der Waals surface area (Å²) in [6, 6.07) is 0. The number of piperidine rings is 1. The summed E-state index contributed by atoms with van der Waals surface area (Å²) in [5, 5.41) is 6.75. The van der Waals surface area contributed by atoms with Gasteiger partial charge in [-0.2, -0.15) is 4.98 Å². The maximum absolute atomic E-state index is 11.2. The van der Waals surface area contributed by atoms with Crippen molar-refractivity contribution in [3.05, 3.63) is 5.82 Å². The van der Waals surface area contributed by atoms with E-state index in [9.17, 15) is 8.42 Å². The number of hydrogen-bond donors (Lipinski definition) is 2. The van der Waals surface area contributed by atoms with Crippen molar-refractivity contribution >= 4 is 15.8 Å². The first-order chi connectivity index (χ1) is 8.48. The first-order valence-corrected chi connectivity index (χ1v) is 8.08. The molecule has 1 aromatic heterocycles. The number of anilines is 1. The number of hydrogen-bond acceptors (Lipinski definition) is 6. The Morgan fingerprint density at radius 1 is 1.44 bits per heavy atom.